The molecule has 0 bridgehead atoms. The van der Waals surface area contributed by atoms with Crippen molar-refractivity contribution in [3.8, 4) is 5.75 Å². The van der Waals surface area contributed by atoms with E-state index in [1.165, 1.54) is 0 Å². The second kappa shape index (κ2) is 4.85. The quantitative estimate of drug-likeness (QED) is 0.798. The van der Waals surface area contributed by atoms with Crippen LogP contribution in [0.25, 0.3) is 0 Å². The topological polar surface area (TPSA) is 35.5 Å². The van der Waals surface area contributed by atoms with E-state index in [1.54, 1.807) is 13.2 Å². The lowest BCUT2D eigenvalue weighted by Gasteiger charge is -2.22. The first-order valence-electron chi connectivity index (χ1n) is 5.17. The zero-order valence-corrected chi connectivity index (χ0v) is 9.79. The third-order valence-corrected chi connectivity index (χ3v) is 2.83. The first-order chi connectivity index (χ1) is 7.69. The molecule has 1 aliphatic heterocycles. The van der Waals surface area contributed by atoms with E-state index in [2.05, 4.69) is 0 Å². The monoisotopic (exact) mass is 240 g/mol. The van der Waals surface area contributed by atoms with Gasteiger partial charge in [0.2, 0.25) is 0 Å². The van der Waals surface area contributed by atoms with Gasteiger partial charge in [-0.05, 0) is 23.8 Å². The van der Waals surface area contributed by atoms with Crippen LogP contribution in [0, 0.1) is 0 Å². The molecule has 2 rings (SSSR count). The molecule has 0 N–H and O–H groups in total. The summed E-state index contributed by atoms with van der Waals surface area (Å²) in [7, 11) is 1.59. The van der Waals surface area contributed by atoms with Crippen LogP contribution in [0.1, 0.15) is 24.5 Å². The minimum absolute atomic E-state index is 0.186. The van der Waals surface area contributed by atoms with Crippen molar-refractivity contribution in [1.29, 1.82) is 0 Å². The molecule has 1 unspecified atom stereocenters. The van der Waals surface area contributed by atoms with Crippen molar-refractivity contribution in [3.63, 3.8) is 0 Å². The van der Waals surface area contributed by atoms with E-state index < -0.39 is 0 Å². The highest BCUT2D eigenvalue weighted by atomic mass is 35.5. The van der Waals surface area contributed by atoms with E-state index in [0.717, 1.165) is 5.56 Å². The van der Waals surface area contributed by atoms with Crippen molar-refractivity contribution in [3.05, 3.63) is 28.8 Å². The largest absolute Gasteiger partial charge is 0.497 e. The van der Waals surface area contributed by atoms with E-state index in [-0.39, 0.29) is 11.9 Å². The molecule has 86 valence electrons. The summed E-state index contributed by atoms with van der Waals surface area (Å²) in [6, 6.07) is 5.40. The second-order valence-electron chi connectivity index (χ2n) is 3.78. The van der Waals surface area contributed by atoms with Gasteiger partial charge in [0.25, 0.3) is 0 Å². The Kier molecular flexibility index (Phi) is 3.46. The second-order valence-corrected chi connectivity index (χ2v) is 4.21. The van der Waals surface area contributed by atoms with Crippen LogP contribution in [0.2, 0.25) is 5.02 Å². The van der Waals surface area contributed by atoms with Crippen molar-refractivity contribution >= 4 is 17.4 Å². The molecule has 0 amide bonds. The van der Waals surface area contributed by atoms with Crippen molar-refractivity contribution in [1.82, 2.24) is 0 Å². The fourth-order valence-corrected chi connectivity index (χ4v) is 2.02. The molecule has 1 fully saturated rings. The Bertz CT molecular complexity index is 403. The van der Waals surface area contributed by atoms with E-state index in [9.17, 15) is 4.79 Å². The smallest absolute Gasteiger partial charge is 0.138 e. The van der Waals surface area contributed by atoms with Gasteiger partial charge in [0.1, 0.15) is 11.5 Å². The van der Waals surface area contributed by atoms with Gasteiger partial charge in [0, 0.05) is 17.9 Å². The van der Waals surface area contributed by atoms with Crippen LogP contribution in [-0.4, -0.2) is 19.5 Å². The number of halogens is 1. The summed E-state index contributed by atoms with van der Waals surface area (Å²) >= 11 is 5.96. The molecule has 1 aromatic carbocycles. The third-order valence-electron chi connectivity index (χ3n) is 2.61. The Morgan fingerprint density at radius 3 is 2.94 bits per heavy atom. The van der Waals surface area contributed by atoms with Crippen LogP contribution < -0.4 is 4.74 Å². The molecule has 0 aromatic heterocycles. The number of methoxy groups -OCH3 is 1. The number of Topliss-reactive ketones (excluding diaryl/α,β-unsaturated/α-hetero) is 1. The number of rotatable bonds is 2. The van der Waals surface area contributed by atoms with Gasteiger partial charge in [-0.2, -0.15) is 0 Å². The number of carbonyl (C=O) groups excluding carboxylic acids is 1. The highest BCUT2D eigenvalue weighted by Crippen LogP contribution is 2.31. The first-order valence-corrected chi connectivity index (χ1v) is 5.54. The fraction of sp³-hybridized carbons (Fsp3) is 0.417. The van der Waals surface area contributed by atoms with Gasteiger partial charge >= 0.3 is 0 Å². The van der Waals surface area contributed by atoms with Crippen molar-refractivity contribution in [2.45, 2.75) is 18.9 Å². The lowest BCUT2D eigenvalue weighted by molar-refractivity contribution is -0.128. The molecule has 3 nitrogen and oxygen atoms in total. The number of ether oxygens (including phenoxy) is 2. The lowest BCUT2D eigenvalue weighted by atomic mass is 10.0. The zero-order valence-electron chi connectivity index (χ0n) is 9.03. The molecule has 1 aliphatic rings. The summed E-state index contributed by atoms with van der Waals surface area (Å²) in [5.74, 6) is 0.916. The molecule has 0 spiro atoms. The van der Waals surface area contributed by atoms with E-state index in [1.807, 2.05) is 12.1 Å². The molecule has 1 atom stereocenters. The van der Waals surface area contributed by atoms with Gasteiger partial charge in [0.15, 0.2) is 0 Å². The maximum Gasteiger partial charge on any atom is 0.138 e. The molecule has 0 radical (unpaired) electrons. The molecular formula is C12H13ClO3. The van der Waals surface area contributed by atoms with Gasteiger partial charge in [-0.3, -0.25) is 4.79 Å². The van der Waals surface area contributed by atoms with E-state index in [4.69, 9.17) is 21.1 Å². The Labute approximate surface area is 99.3 Å². The van der Waals surface area contributed by atoms with Crippen LogP contribution >= 0.6 is 11.6 Å². The maximum atomic E-state index is 11.3. The third kappa shape index (κ3) is 2.54. The van der Waals surface area contributed by atoms with Gasteiger partial charge in [-0.15, -0.1) is 0 Å². The Balaban J connectivity index is 2.24. The summed E-state index contributed by atoms with van der Waals surface area (Å²) in [6.07, 6.45) is 0.742. The molecule has 1 aromatic rings. The summed E-state index contributed by atoms with van der Waals surface area (Å²) in [6.45, 7) is 0.484. The summed E-state index contributed by atoms with van der Waals surface area (Å²) in [4.78, 5) is 11.3. The Morgan fingerprint density at radius 2 is 2.25 bits per heavy atom. The average Bonchev–Trinajstić information content (AvgIpc) is 2.28. The Morgan fingerprint density at radius 1 is 1.44 bits per heavy atom. The first kappa shape index (κ1) is 11.4. The maximum absolute atomic E-state index is 11.3. The normalized spacial score (nSPS) is 20.9. The van der Waals surface area contributed by atoms with E-state index >= 15 is 0 Å². The molecule has 1 saturated heterocycles. The van der Waals surface area contributed by atoms with Gasteiger partial charge in [-0.25, -0.2) is 0 Å². The molecule has 16 heavy (non-hydrogen) atoms. The fourth-order valence-electron chi connectivity index (χ4n) is 1.78. The predicted molar refractivity (Wildman–Crippen MR) is 60.9 cm³/mol. The minimum Gasteiger partial charge on any atom is -0.497 e. The summed E-state index contributed by atoms with van der Waals surface area (Å²) in [5.41, 5.74) is 0.900. The number of ketones is 1. The number of benzene rings is 1. The van der Waals surface area contributed by atoms with Crippen LogP contribution in [0.3, 0.4) is 0 Å². The van der Waals surface area contributed by atoms with Crippen LogP contribution in [0.5, 0.6) is 5.75 Å². The summed E-state index contributed by atoms with van der Waals surface area (Å²) in [5, 5.41) is 0.593. The highest BCUT2D eigenvalue weighted by Gasteiger charge is 2.22. The SMILES string of the molecule is COc1cc(Cl)cc(C2CC(=O)CCO2)c1. The van der Waals surface area contributed by atoms with E-state index in [0.29, 0.717) is 30.2 Å². The standard InChI is InChI=1S/C12H13ClO3/c1-15-11-5-8(4-9(13)6-11)12-7-10(14)2-3-16-12/h4-6,12H,2-3,7H2,1H3. The van der Waals surface area contributed by atoms with Crippen LogP contribution in [0.15, 0.2) is 18.2 Å². The van der Waals surface area contributed by atoms with Gasteiger partial charge in [0.05, 0.1) is 19.8 Å². The number of hydrogen-bond donors (Lipinski definition) is 0. The molecule has 0 aliphatic carbocycles. The average molecular weight is 241 g/mol. The minimum atomic E-state index is -0.186. The van der Waals surface area contributed by atoms with Crippen molar-refractivity contribution in [2.75, 3.05) is 13.7 Å². The molecule has 4 heteroatoms. The van der Waals surface area contributed by atoms with Crippen LogP contribution in [0.4, 0.5) is 0 Å². The highest BCUT2D eigenvalue weighted by molar-refractivity contribution is 6.30. The number of hydrogen-bond acceptors (Lipinski definition) is 3. The lowest BCUT2D eigenvalue weighted by Crippen LogP contribution is -2.19. The number of carbonyl (C=O) groups is 1. The Hall–Kier alpha value is -1.06. The summed E-state index contributed by atoms with van der Waals surface area (Å²) < 4.78 is 10.7. The predicted octanol–water partition coefficient (Wildman–Crippen LogP) is 2.77. The van der Waals surface area contributed by atoms with Crippen molar-refractivity contribution < 1.29 is 14.3 Å². The zero-order chi connectivity index (χ0) is 11.5. The molecule has 1 heterocycles. The van der Waals surface area contributed by atoms with Crippen molar-refractivity contribution in [2.24, 2.45) is 0 Å². The molecule has 0 saturated carbocycles. The van der Waals surface area contributed by atoms with Gasteiger partial charge < -0.3 is 9.47 Å². The van der Waals surface area contributed by atoms with Gasteiger partial charge in [-0.1, -0.05) is 11.6 Å². The molecular weight excluding hydrogens is 228 g/mol. The van der Waals surface area contributed by atoms with Crippen LogP contribution in [-0.2, 0) is 9.53 Å².